The smallest absolute Gasteiger partial charge is 0.220 e. The number of hydrogen-bond acceptors (Lipinski definition) is 7. The maximum Gasteiger partial charge on any atom is 0.220 e. The number of methoxy groups -OCH3 is 1. The standard InChI is InChI=1S/C30H41FN2O6/c1-38-25-12-8-22(9-13-25)28(35)6-2-3-7-29(36)32-27(21-33-18-16-24(34)20-33)30(37)23-10-14-26(15-11-23)39-19-5-4-17-31/h8-15,24,27,30,34,37H,2-7,16-21H2,1H3,(H,32,36). The number of Topliss-reactive ketones (excluding diaryl/α,β-unsaturated/α-hetero) is 1. The van der Waals surface area contributed by atoms with Crippen molar-refractivity contribution in [3.05, 3.63) is 59.7 Å². The number of nitrogens with one attached hydrogen (secondary N) is 1. The van der Waals surface area contributed by atoms with Gasteiger partial charge in [-0.2, -0.15) is 0 Å². The van der Waals surface area contributed by atoms with Crippen LogP contribution >= 0.6 is 0 Å². The van der Waals surface area contributed by atoms with Crippen LogP contribution in [-0.4, -0.2) is 79.0 Å². The first kappa shape index (κ1) is 30.5. The van der Waals surface area contributed by atoms with Crippen LogP contribution in [-0.2, 0) is 4.79 Å². The van der Waals surface area contributed by atoms with Crippen molar-refractivity contribution < 1.29 is 33.7 Å². The van der Waals surface area contributed by atoms with Crippen molar-refractivity contribution in [1.29, 1.82) is 0 Å². The van der Waals surface area contributed by atoms with Crippen LogP contribution in [0.2, 0.25) is 0 Å². The molecule has 0 aromatic heterocycles. The predicted molar refractivity (Wildman–Crippen MR) is 147 cm³/mol. The van der Waals surface area contributed by atoms with Crippen molar-refractivity contribution in [3.63, 3.8) is 0 Å². The number of aliphatic hydroxyl groups is 2. The molecule has 1 aliphatic rings. The SMILES string of the molecule is COc1ccc(C(=O)CCCCC(=O)NC(CN2CCC(O)C2)C(O)c2ccc(OCCCCF)cc2)cc1. The molecule has 214 valence electrons. The molecule has 1 heterocycles. The number of unbranched alkanes of at least 4 members (excludes halogenated alkanes) is 2. The minimum absolute atomic E-state index is 0.0220. The molecule has 39 heavy (non-hydrogen) atoms. The largest absolute Gasteiger partial charge is 0.497 e. The Hall–Kier alpha value is -3.01. The first-order chi connectivity index (χ1) is 18.9. The number of halogens is 1. The molecule has 1 aliphatic heterocycles. The fourth-order valence-corrected chi connectivity index (χ4v) is 4.63. The van der Waals surface area contributed by atoms with Crippen LogP contribution in [0.5, 0.6) is 11.5 Å². The van der Waals surface area contributed by atoms with Gasteiger partial charge in [0.25, 0.3) is 0 Å². The number of carbonyl (C=O) groups excluding carboxylic acids is 2. The van der Waals surface area contributed by atoms with Gasteiger partial charge in [-0.25, -0.2) is 0 Å². The molecule has 1 fully saturated rings. The molecule has 3 rings (SSSR count). The van der Waals surface area contributed by atoms with Crippen LogP contribution in [0, 0.1) is 0 Å². The number of aliphatic hydroxyl groups excluding tert-OH is 2. The van der Waals surface area contributed by atoms with E-state index in [1.807, 2.05) is 4.90 Å². The van der Waals surface area contributed by atoms with Gasteiger partial charge in [-0.15, -0.1) is 0 Å². The van der Waals surface area contributed by atoms with Gasteiger partial charge in [-0.1, -0.05) is 12.1 Å². The second-order valence-electron chi connectivity index (χ2n) is 9.99. The van der Waals surface area contributed by atoms with E-state index in [-0.39, 0.29) is 24.8 Å². The third kappa shape index (κ3) is 10.2. The molecule has 2 aromatic carbocycles. The second kappa shape index (κ2) is 16.2. The zero-order chi connectivity index (χ0) is 28.0. The Bertz CT molecular complexity index is 1020. The van der Waals surface area contributed by atoms with Crippen molar-refractivity contribution in [3.8, 4) is 11.5 Å². The fourth-order valence-electron chi connectivity index (χ4n) is 4.63. The van der Waals surface area contributed by atoms with Crippen molar-refractivity contribution in [2.75, 3.05) is 40.0 Å². The van der Waals surface area contributed by atoms with Crippen LogP contribution in [0.4, 0.5) is 4.39 Å². The fraction of sp³-hybridized carbons (Fsp3) is 0.533. The summed E-state index contributed by atoms with van der Waals surface area (Å²) in [6, 6.07) is 13.4. The molecule has 9 heteroatoms. The number of ether oxygens (including phenoxy) is 2. The summed E-state index contributed by atoms with van der Waals surface area (Å²) < 4.78 is 23.0. The Labute approximate surface area is 230 Å². The van der Waals surface area contributed by atoms with E-state index in [0.29, 0.717) is 87.4 Å². The average molecular weight is 545 g/mol. The van der Waals surface area contributed by atoms with Gasteiger partial charge < -0.3 is 25.0 Å². The summed E-state index contributed by atoms with van der Waals surface area (Å²) in [5, 5.41) is 24.1. The summed E-state index contributed by atoms with van der Waals surface area (Å²) in [7, 11) is 1.57. The third-order valence-electron chi connectivity index (χ3n) is 6.92. The summed E-state index contributed by atoms with van der Waals surface area (Å²) in [5.74, 6) is 1.16. The van der Waals surface area contributed by atoms with E-state index in [4.69, 9.17) is 9.47 Å². The summed E-state index contributed by atoms with van der Waals surface area (Å²) in [6.07, 6.45) is 2.11. The Morgan fingerprint density at radius 1 is 1.03 bits per heavy atom. The van der Waals surface area contributed by atoms with Gasteiger partial charge in [0.1, 0.15) is 17.6 Å². The number of amides is 1. The molecule has 8 nitrogen and oxygen atoms in total. The van der Waals surface area contributed by atoms with E-state index in [2.05, 4.69) is 5.32 Å². The first-order valence-electron chi connectivity index (χ1n) is 13.7. The van der Waals surface area contributed by atoms with Gasteiger partial charge in [-0.05, 0) is 74.1 Å². The van der Waals surface area contributed by atoms with E-state index >= 15 is 0 Å². The Balaban J connectivity index is 1.51. The number of hydrogen-bond donors (Lipinski definition) is 3. The Morgan fingerprint density at radius 3 is 2.36 bits per heavy atom. The predicted octanol–water partition coefficient (Wildman–Crippen LogP) is 3.85. The molecule has 1 amide bonds. The lowest BCUT2D eigenvalue weighted by Gasteiger charge is -2.29. The number of rotatable bonds is 17. The molecule has 0 bridgehead atoms. The number of alkyl halides is 1. The summed E-state index contributed by atoms with van der Waals surface area (Å²) in [6.45, 7) is 1.66. The van der Waals surface area contributed by atoms with Crippen LogP contribution < -0.4 is 14.8 Å². The lowest BCUT2D eigenvalue weighted by atomic mass is 10.0. The quantitative estimate of drug-likeness (QED) is 0.205. The topological polar surface area (TPSA) is 108 Å². The molecule has 0 radical (unpaired) electrons. The zero-order valence-electron chi connectivity index (χ0n) is 22.7. The molecule has 3 N–H and O–H groups in total. The third-order valence-corrected chi connectivity index (χ3v) is 6.92. The maximum atomic E-state index is 12.8. The highest BCUT2D eigenvalue weighted by Gasteiger charge is 2.29. The average Bonchev–Trinajstić information content (AvgIpc) is 3.37. The van der Waals surface area contributed by atoms with Crippen LogP contribution in [0.15, 0.2) is 48.5 Å². The molecule has 1 saturated heterocycles. The normalized spacial score (nSPS) is 17.0. The summed E-state index contributed by atoms with van der Waals surface area (Å²) in [5.41, 5.74) is 1.26. The van der Waals surface area contributed by atoms with Crippen molar-refractivity contribution in [1.82, 2.24) is 10.2 Å². The molecule has 0 aliphatic carbocycles. The molecule has 3 atom stereocenters. The summed E-state index contributed by atoms with van der Waals surface area (Å²) >= 11 is 0. The van der Waals surface area contributed by atoms with Crippen molar-refractivity contribution >= 4 is 11.7 Å². The van der Waals surface area contributed by atoms with Gasteiger partial charge in [0, 0.05) is 38.0 Å². The van der Waals surface area contributed by atoms with Crippen LogP contribution in [0.3, 0.4) is 0 Å². The second-order valence-corrected chi connectivity index (χ2v) is 9.99. The molecular formula is C30H41FN2O6. The molecule has 0 spiro atoms. The van der Waals surface area contributed by atoms with Gasteiger partial charge >= 0.3 is 0 Å². The van der Waals surface area contributed by atoms with E-state index in [1.165, 1.54) is 0 Å². The van der Waals surface area contributed by atoms with E-state index in [9.17, 15) is 24.2 Å². The van der Waals surface area contributed by atoms with E-state index < -0.39 is 18.2 Å². The van der Waals surface area contributed by atoms with Gasteiger partial charge in [0.05, 0.1) is 32.5 Å². The van der Waals surface area contributed by atoms with Crippen LogP contribution in [0.25, 0.3) is 0 Å². The molecule has 2 aromatic rings. The van der Waals surface area contributed by atoms with Gasteiger partial charge in [0.2, 0.25) is 5.91 Å². The molecular weight excluding hydrogens is 503 g/mol. The minimum Gasteiger partial charge on any atom is -0.497 e. The zero-order valence-corrected chi connectivity index (χ0v) is 22.7. The van der Waals surface area contributed by atoms with Gasteiger partial charge in [-0.3, -0.25) is 18.9 Å². The summed E-state index contributed by atoms with van der Waals surface area (Å²) in [4.78, 5) is 27.3. The van der Waals surface area contributed by atoms with Crippen molar-refractivity contribution in [2.45, 2.75) is 63.2 Å². The molecule has 0 saturated carbocycles. The van der Waals surface area contributed by atoms with Crippen molar-refractivity contribution in [2.24, 2.45) is 0 Å². The highest BCUT2D eigenvalue weighted by molar-refractivity contribution is 5.96. The van der Waals surface area contributed by atoms with E-state index in [1.54, 1.807) is 55.6 Å². The number of β-amino-alcohol motifs (C(OH)–C–C–N with tert-alkyl or cyclic N) is 1. The Morgan fingerprint density at radius 2 is 1.72 bits per heavy atom. The highest BCUT2D eigenvalue weighted by atomic mass is 19.1. The number of carbonyl (C=O) groups is 2. The van der Waals surface area contributed by atoms with Gasteiger partial charge in [0.15, 0.2) is 5.78 Å². The van der Waals surface area contributed by atoms with E-state index in [0.717, 1.165) is 0 Å². The highest BCUT2D eigenvalue weighted by Crippen LogP contribution is 2.23. The number of nitrogens with zero attached hydrogens (tertiary/aromatic N) is 1. The minimum atomic E-state index is -0.955. The first-order valence-corrected chi connectivity index (χ1v) is 13.7. The number of ketones is 1. The number of benzene rings is 2. The lowest BCUT2D eigenvalue weighted by Crippen LogP contribution is -2.47. The van der Waals surface area contributed by atoms with Crippen LogP contribution in [0.1, 0.15) is 67.0 Å². The lowest BCUT2D eigenvalue weighted by molar-refractivity contribution is -0.123. The maximum absolute atomic E-state index is 12.8. The monoisotopic (exact) mass is 544 g/mol. The Kier molecular flexibility index (Phi) is 12.7. The molecule has 3 unspecified atom stereocenters. The number of likely N-dealkylation sites (tertiary alicyclic amines) is 1.